The molecule has 20 heavy (non-hydrogen) atoms. The number of rotatable bonds is 5. The van der Waals surface area contributed by atoms with Crippen molar-refractivity contribution in [2.45, 2.75) is 46.1 Å². The average molecular weight is 274 g/mol. The van der Waals surface area contributed by atoms with Crippen molar-refractivity contribution in [2.24, 2.45) is 0 Å². The molecule has 5 nitrogen and oxygen atoms in total. The molecule has 5 heteroatoms. The first kappa shape index (κ1) is 14.7. The molecule has 0 saturated heterocycles. The molecular formula is C15H22N4O. The van der Waals surface area contributed by atoms with Gasteiger partial charge < -0.3 is 9.73 Å². The molecular weight excluding hydrogens is 252 g/mol. The van der Waals surface area contributed by atoms with Gasteiger partial charge in [-0.05, 0) is 52.8 Å². The summed E-state index contributed by atoms with van der Waals surface area (Å²) in [6.45, 7) is 9.34. The summed E-state index contributed by atoms with van der Waals surface area (Å²) in [6.07, 6.45) is 3.52. The van der Waals surface area contributed by atoms with E-state index in [1.54, 1.807) is 6.20 Å². The highest BCUT2D eigenvalue weighted by Crippen LogP contribution is 2.20. The zero-order chi connectivity index (χ0) is 14.6. The van der Waals surface area contributed by atoms with Crippen LogP contribution < -0.4 is 5.32 Å². The van der Waals surface area contributed by atoms with Crippen molar-refractivity contribution in [2.75, 3.05) is 6.54 Å². The topological polar surface area (TPSA) is 63.8 Å². The van der Waals surface area contributed by atoms with Crippen LogP contribution in [0.1, 0.15) is 38.8 Å². The predicted molar refractivity (Wildman–Crippen MR) is 78.3 cm³/mol. The van der Waals surface area contributed by atoms with Crippen LogP contribution in [-0.4, -0.2) is 27.3 Å². The predicted octanol–water partition coefficient (Wildman–Crippen LogP) is 2.76. The Kier molecular flexibility index (Phi) is 4.49. The minimum Gasteiger partial charge on any atom is -0.421 e. The molecule has 1 N–H and O–H groups in total. The van der Waals surface area contributed by atoms with Crippen LogP contribution in [0.5, 0.6) is 0 Å². The summed E-state index contributed by atoms with van der Waals surface area (Å²) in [6, 6.07) is 3.82. The summed E-state index contributed by atoms with van der Waals surface area (Å²) in [5.74, 6) is 1.23. The summed E-state index contributed by atoms with van der Waals surface area (Å²) in [5.41, 5.74) is 1.95. The van der Waals surface area contributed by atoms with Gasteiger partial charge >= 0.3 is 0 Å². The molecule has 2 aromatic rings. The molecule has 0 fully saturated rings. The summed E-state index contributed by atoms with van der Waals surface area (Å²) in [5, 5.41) is 11.6. The van der Waals surface area contributed by atoms with E-state index < -0.39 is 0 Å². The second-order valence-electron chi connectivity index (χ2n) is 5.92. The van der Waals surface area contributed by atoms with Gasteiger partial charge in [0.1, 0.15) is 0 Å². The molecule has 0 aliphatic carbocycles. The Balaban J connectivity index is 1.92. The van der Waals surface area contributed by atoms with Gasteiger partial charge in [-0.15, -0.1) is 10.2 Å². The van der Waals surface area contributed by atoms with E-state index in [0.717, 1.165) is 30.6 Å². The molecule has 2 rings (SSSR count). The average Bonchev–Trinajstić information content (AvgIpc) is 2.83. The molecule has 0 amide bonds. The highest BCUT2D eigenvalue weighted by molar-refractivity contribution is 5.54. The number of aromatic nitrogens is 3. The normalized spacial score (nSPS) is 11.8. The minimum absolute atomic E-state index is 0.146. The summed E-state index contributed by atoms with van der Waals surface area (Å²) in [7, 11) is 0. The Morgan fingerprint density at radius 3 is 2.75 bits per heavy atom. The van der Waals surface area contributed by atoms with Crippen molar-refractivity contribution in [3.63, 3.8) is 0 Å². The van der Waals surface area contributed by atoms with Gasteiger partial charge in [0.2, 0.25) is 11.8 Å². The minimum atomic E-state index is 0.146. The Morgan fingerprint density at radius 2 is 2.05 bits per heavy atom. The van der Waals surface area contributed by atoms with Gasteiger partial charge in [0.25, 0.3) is 0 Å². The maximum absolute atomic E-state index is 5.69. The molecule has 0 aliphatic heterocycles. The van der Waals surface area contributed by atoms with Gasteiger partial charge in [0, 0.05) is 23.9 Å². The molecule has 0 spiro atoms. The van der Waals surface area contributed by atoms with Crippen molar-refractivity contribution < 1.29 is 4.42 Å². The van der Waals surface area contributed by atoms with E-state index in [-0.39, 0.29) is 5.54 Å². The van der Waals surface area contributed by atoms with Crippen molar-refractivity contribution in [1.29, 1.82) is 0 Å². The van der Waals surface area contributed by atoms with E-state index >= 15 is 0 Å². The third kappa shape index (κ3) is 4.13. The van der Waals surface area contributed by atoms with E-state index in [9.17, 15) is 0 Å². The Bertz CT molecular complexity index is 557. The number of pyridine rings is 1. The fourth-order valence-electron chi connectivity index (χ4n) is 1.88. The highest BCUT2D eigenvalue weighted by atomic mass is 16.4. The largest absolute Gasteiger partial charge is 0.421 e. The smallest absolute Gasteiger partial charge is 0.249 e. The molecule has 2 aromatic heterocycles. The highest BCUT2D eigenvalue weighted by Gasteiger charge is 2.12. The standard InChI is InChI=1S/C15H22N4O/c1-11-12(7-5-9-16-11)14-19-18-13(20-14)8-6-10-17-15(2,3)4/h5,7,9,17H,6,8,10H2,1-4H3. The lowest BCUT2D eigenvalue weighted by atomic mass is 10.1. The monoisotopic (exact) mass is 274 g/mol. The fourth-order valence-corrected chi connectivity index (χ4v) is 1.88. The van der Waals surface area contributed by atoms with Crippen molar-refractivity contribution >= 4 is 0 Å². The first-order chi connectivity index (χ1) is 9.46. The maximum atomic E-state index is 5.69. The quantitative estimate of drug-likeness (QED) is 0.849. The summed E-state index contributed by atoms with van der Waals surface area (Å²) in [4.78, 5) is 4.23. The fraction of sp³-hybridized carbons (Fsp3) is 0.533. The summed E-state index contributed by atoms with van der Waals surface area (Å²) < 4.78 is 5.69. The lowest BCUT2D eigenvalue weighted by Gasteiger charge is -2.19. The van der Waals surface area contributed by atoms with Crippen LogP contribution in [-0.2, 0) is 6.42 Å². The first-order valence-electron chi connectivity index (χ1n) is 6.95. The Hall–Kier alpha value is -1.75. The van der Waals surface area contributed by atoms with E-state index in [1.807, 2.05) is 19.1 Å². The van der Waals surface area contributed by atoms with E-state index in [4.69, 9.17) is 4.42 Å². The molecule has 0 aromatic carbocycles. The van der Waals surface area contributed by atoms with Crippen molar-refractivity contribution in [3.8, 4) is 11.5 Å². The number of hydrogen-bond acceptors (Lipinski definition) is 5. The van der Waals surface area contributed by atoms with Crippen LogP contribution in [0, 0.1) is 6.92 Å². The third-order valence-electron chi connectivity index (χ3n) is 2.93. The SMILES string of the molecule is Cc1ncccc1-c1nnc(CCCNC(C)(C)C)o1. The second kappa shape index (κ2) is 6.13. The number of aryl methyl sites for hydroxylation is 2. The van der Waals surface area contributed by atoms with Crippen LogP contribution in [0.2, 0.25) is 0 Å². The van der Waals surface area contributed by atoms with Gasteiger partial charge in [-0.1, -0.05) is 0 Å². The lowest BCUT2D eigenvalue weighted by molar-refractivity contribution is 0.412. The van der Waals surface area contributed by atoms with Crippen LogP contribution in [0.4, 0.5) is 0 Å². The van der Waals surface area contributed by atoms with Crippen LogP contribution in [0.3, 0.4) is 0 Å². The van der Waals surface area contributed by atoms with Crippen LogP contribution in [0.25, 0.3) is 11.5 Å². The van der Waals surface area contributed by atoms with Gasteiger partial charge in [-0.2, -0.15) is 0 Å². The molecule has 108 valence electrons. The third-order valence-corrected chi connectivity index (χ3v) is 2.93. The Labute approximate surface area is 119 Å². The zero-order valence-corrected chi connectivity index (χ0v) is 12.6. The number of nitrogens with one attached hydrogen (secondary N) is 1. The molecule has 0 aliphatic rings. The second-order valence-corrected chi connectivity index (χ2v) is 5.92. The van der Waals surface area contributed by atoms with Crippen LogP contribution in [0.15, 0.2) is 22.7 Å². The number of hydrogen-bond donors (Lipinski definition) is 1. The van der Waals surface area contributed by atoms with Crippen LogP contribution >= 0.6 is 0 Å². The maximum Gasteiger partial charge on any atom is 0.249 e. The van der Waals surface area contributed by atoms with E-state index in [0.29, 0.717) is 11.8 Å². The molecule has 2 heterocycles. The molecule has 0 radical (unpaired) electrons. The molecule has 0 bridgehead atoms. The van der Waals surface area contributed by atoms with Gasteiger partial charge in [0.15, 0.2) is 0 Å². The molecule has 0 atom stereocenters. The van der Waals surface area contributed by atoms with Crippen molar-refractivity contribution in [1.82, 2.24) is 20.5 Å². The zero-order valence-electron chi connectivity index (χ0n) is 12.6. The summed E-state index contributed by atoms with van der Waals surface area (Å²) >= 11 is 0. The van der Waals surface area contributed by atoms with E-state index in [1.165, 1.54) is 0 Å². The van der Waals surface area contributed by atoms with Gasteiger partial charge in [0.05, 0.1) is 5.56 Å². The number of nitrogens with zero attached hydrogens (tertiary/aromatic N) is 3. The molecule has 0 unspecified atom stereocenters. The molecule has 0 saturated carbocycles. The Morgan fingerprint density at radius 1 is 1.25 bits per heavy atom. The van der Waals surface area contributed by atoms with Gasteiger partial charge in [-0.25, -0.2) is 0 Å². The van der Waals surface area contributed by atoms with E-state index in [2.05, 4.69) is 41.3 Å². The lowest BCUT2D eigenvalue weighted by Crippen LogP contribution is -2.36. The van der Waals surface area contributed by atoms with Crippen molar-refractivity contribution in [3.05, 3.63) is 29.9 Å². The first-order valence-corrected chi connectivity index (χ1v) is 6.95. The van der Waals surface area contributed by atoms with Gasteiger partial charge in [-0.3, -0.25) is 4.98 Å².